The second kappa shape index (κ2) is 4.74. The normalized spacial score (nSPS) is 12.3. The van der Waals surface area contributed by atoms with Crippen molar-refractivity contribution in [3.63, 3.8) is 0 Å². The summed E-state index contributed by atoms with van der Waals surface area (Å²) in [6.07, 6.45) is 0. The number of halogens is 2. The van der Waals surface area contributed by atoms with E-state index in [0.29, 0.717) is 18.2 Å². The van der Waals surface area contributed by atoms with Crippen molar-refractivity contribution in [2.24, 2.45) is 0 Å². The number of aliphatic carboxylic acids is 1. The lowest BCUT2D eigenvalue weighted by Crippen LogP contribution is -2.53. The Morgan fingerprint density at radius 3 is 1.95 bits per heavy atom. The quantitative estimate of drug-likeness (QED) is 0.819. The predicted molar refractivity (Wildman–Crippen MR) is 62.1 cm³/mol. The zero-order valence-electron chi connectivity index (χ0n) is 9.96. The number of rotatable bonds is 4. The summed E-state index contributed by atoms with van der Waals surface area (Å²) in [5.74, 6) is -3.82. The van der Waals surface area contributed by atoms with E-state index in [-0.39, 0.29) is 4.31 Å². The summed E-state index contributed by atoms with van der Waals surface area (Å²) in [5, 5.41) is 8.97. The molecule has 0 fully saturated rings. The molecular formula is C10H11F2NO5S. The molecule has 0 bridgehead atoms. The smallest absolute Gasteiger partial charge is 0.361 e. The molecule has 0 unspecified atom stereocenters. The van der Waals surface area contributed by atoms with E-state index in [1.165, 1.54) is 0 Å². The molecule has 0 aliphatic carbocycles. The van der Waals surface area contributed by atoms with Crippen LogP contribution < -0.4 is 4.31 Å². The predicted octanol–water partition coefficient (Wildman–Crippen LogP) is 1.44. The minimum absolute atomic E-state index is 0.0223. The minimum Gasteiger partial charge on any atom is -0.479 e. The number of carboxylic acids is 1. The first kappa shape index (κ1) is 15.3. The Morgan fingerprint density at radius 2 is 1.63 bits per heavy atom. The highest BCUT2D eigenvalue weighted by molar-refractivity contribution is 7.87. The molecule has 0 amide bonds. The monoisotopic (exact) mass is 295 g/mol. The third-order valence-electron chi connectivity index (χ3n) is 2.34. The SMILES string of the molecule is CC(C)(C(=O)O)N(c1cc(F)cc(F)c1)S(=O)(=O)O. The van der Waals surface area contributed by atoms with Gasteiger partial charge < -0.3 is 5.11 Å². The van der Waals surface area contributed by atoms with Gasteiger partial charge in [0.15, 0.2) is 0 Å². The van der Waals surface area contributed by atoms with Gasteiger partial charge in [0, 0.05) is 6.07 Å². The summed E-state index contributed by atoms with van der Waals surface area (Å²) in [6, 6.07) is 1.68. The highest BCUT2D eigenvalue weighted by atomic mass is 32.2. The Labute approximate surface area is 108 Å². The van der Waals surface area contributed by atoms with Crippen LogP contribution in [0.5, 0.6) is 0 Å². The van der Waals surface area contributed by atoms with E-state index in [4.69, 9.17) is 9.66 Å². The lowest BCUT2D eigenvalue weighted by Gasteiger charge is -2.33. The summed E-state index contributed by atoms with van der Waals surface area (Å²) in [5.41, 5.74) is -2.76. The molecule has 9 heteroatoms. The van der Waals surface area contributed by atoms with Crippen LogP contribution in [-0.4, -0.2) is 29.6 Å². The molecule has 0 saturated carbocycles. The van der Waals surface area contributed by atoms with Gasteiger partial charge in [-0.1, -0.05) is 0 Å². The third kappa shape index (κ3) is 3.18. The summed E-state index contributed by atoms with van der Waals surface area (Å²) in [7, 11) is -5.04. The summed E-state index contributed by atoms with van der Waals surface area (Å²) >= 11 is 0. The molecule has 1 aromatic carbocycles. The molecule has 1 aromatic rings. The van der Waals surface area contributed by atoms with Gasteiger partial charge in [0.2, 0.25) is 0 Å². The first-order valence-electron chi connectivity index (χ1n) is 4.93. The van der Waals surface area contributed by atoms with E-state index < -0.39 is 39.1 Å². The maximum absolute atomic E-state index is 13.1. The minimum atomic E-state index is -5.04. The van der Waals surface area contributed by atoms with Gasteiger partial charge in [0.25, 0.3) is 0 Å². The van der Waals surface area contributed by atoms with Crippen molar-refractivity contribution in [1.82, 2.24) is 0 Å². The number of hydrogen-bond acceptors (Lipinski definition) is 3. The van der Waals surface area contributed by atoms with Crippen LogP contribution in [0.25, 0.3) is 0 Å². The molecule has 6 nitrogen and oxygen atoms in total. The van der Waals surface area contributed by atoms with Crippen molar-refractivity contribution in [3.8, 4) is 0 Å². The van der Waals surface area contributed by atoms with Gasteiger partial charge in [-0.25, -0.2) is 17.9 Å². The van der Waals surface area contributed by atoms with Crippen LogP contribution in [0.15, 0.2) is 18.2 Å². The molecule has 106 valence electrons. The van der Waals surface area contributed by atoms with Gasteiger partial charge in [0.1, 0.15) is 17.2 Å². The van der Waals surface area contributed by atoms with Crippen LogP contribution in [0.1, 0.15) is 13.8 Å². The van der Waals surface area contributed by atoms with Gasteiger partial charge in [-0.05, 0) is 26.0 Å². The fourth-order valence-electron chi connectivity index (χ4n) is 1.49. The van der Waals surface area contributed by atoms with Crippen LogP contribution in [0.4, 0.5) is 14.5 Å². The first-order valence-corrected chi connectivity index (χ1v) is 6.33. The molecule has 0 aromatic heterocycles. The second-order valence-electron chi connectivity index (χ2n) is 4.23. The molecule has 0 radical (unpaired) electrons. The standard InChI is InChI=1S/C10H11F2NO5S/c1-10(2,9(14)15)13(19(16,17)18)8-4-6(11)3-7(12)5-8/h3-5H,1-2H3,(H,14,15)(H,16,17,18). The zero-order chi connectivity index (χ0) is 15.0. The Balaban J connectivity index is 3.55. The van der Waals surface area contributed by atoms with Crippen LogP contribution in [0, 0.1) is 11.6 Å². The number of carboxylic acid groups (broad SMARTS) is 1. The zero-order valence-corrected chi connectivity index (χ0v) is 10.8. The van der Waals surface area contributed by atoms with Crippen LogP contribution in [0.3, 0.4) is 0 Å². The lowest BCUT2D eigenvalue weighted by molar-refractivity contribution is -0.141. The van der Waals surface area contributed by atoms with Crippen LogP contribution in [-0.2, 0) is 15.1 Å². The molecule has 19 heavy (non-hydrogen) atoms. The second-order valence-corrected chi connectivity index (χ2v) is 5.49. The highest BCUT2D eigenvalue weighted by Gasteiger charge is 2.42. The molecule has 0 aliphatic heterocycles. The van der Waals surface area contributed by atoms with Crippen molar-refractivity contribution in [2.75, 3.05) is 4.31 Å². The van der Waals surface area contributed by atoms with Crippen LogP contribution >= 0.6 is 0 Å². The van der Waals surface area contributed by atoms with Crippen molar-refractivity contribution in [3.05, 3.63) is 29.8 Å². The molecule has 2 N–H and O–H groups in total. The fraction of sp³-hybridized carbons (Fsp3) is 0.300. The largest absolute Gasteiger partial charge is 0.479 e. The van der Waals surface area contributed by atoms with Gasteiger partial charge >= 0.3 is 16.3 Å². The van der Waals surface area contributed by atoms with E-state index >= 15 is 0 Å². The topological polar surface area (TPSA) is 94.9 Å². The number of anilines is 1. The maximum atomic E-state index is 13.1. The van der Waals surface area contributed by atoms with Crippen molar-refractivity contribution >= 4 is 22.0 Å². The highest BCUT2D eigenvalue weighted by Crippen LogP contribution is 2.28. The van der Waals surface area contributed by atoms with E-state index in [0.717, 1.165) is 13.8 Å². The maximum Gasteiger partial charge on any atom is 0.361 e. The molecule has 0 spiro atoms. The Hall–Kier alpha value is -1.74. The molecule has 0 atom stereocenters. The Morgan fingerprint density at radius 1 is 1.21 bits per heavy atom. The van der Waals surface area contributed by atoms with Gasteiger partial charge in [-0.15, -0.1) is 0 Å². The van der Waals surface area contributed by atoms with Gasteiger partial charge in [0.05, 0.1) is 5.69 Å². The van der Waals surface area contributed by atoms with E-state index in [1.807, 2.05) is 0 Å². The number of hydrogen-bond donors (Lipinski definition) is 2. The molecule has 1 rings (SSSR count). The summed E-state index contributed by atoms with van der Waals surface area (Å²) in [6.45, 7) is 1.93. The first-order chi connectivity index (χ1) is 8.46. The number of benzene rings is 1. The van der Waals surface area contributed by atoms with E-state index in [9.17, 15) is 22.0 Å². The van der Waals surface area contributed by atoms with E-state index in [1.54, 1.807) is 0 Å². The Kier molecular flexibility index (Phi) is 3.82. The summed E-state index contributed by atoms with van der Waals surface area (Å²) in [4.78, 5) is 11.0. The molecule has 0 heterocycles. The lowest BCUT2D eigenvalue weighted by atomic mass is 10.1. The summed E-state index contributed by atoms with van der Waals surface area (Å²) < 4.78 is 57.8. The van der Waals surface area contributed by atoms with Gasteiger partial charge in [-0.2, -0.15) is 8.42 Å². The van der Waals surface area contributed by atoms with E-state index in [2.05, 4.69) is 0 Å². The molecule has 0 aliphatic rings. The van der Waals surface area contributed by atoms with Gasteiger partial charge in [-0.3, -0.25) is 4.55 Å². The fourth-order valence-corrected chi connectivity index (χ4v) is 2.51. The number of carbonyl (C=O) groups is 1. The molecular weight excluding hydrogens is 284 g/mol. The Bertz CT molecular complexity index is 594. The number of nitrogens with zero attached hydrogens (tertiary/aromatic N) is 1. The molecule has 0 saturated heterocycles. The van der Waals surface area contributed by atoms with Crippen molar-refractivity contribution in [2.45, 2.75) is 19.4 Å². The average molecular weight is 295 g/mol. The average Bonchev–Trinajstić information content (AvgIpc) is 2.11. The van der Waals surface area contributed by atoms with Crippen molar-refractivity contribution < 1.29 is 31.7 Å². The van der Waals surface area contributed by atoms with Crippen LogP contribution in [0.2, 0.25) is 0 Å². The van der Waals surface area contributed by atoms with Crippen molar-refractivity contribution in [1.29, 1.82) is 0 Å². The third-order valence-corrected chi connectivity index (χ3v) is 3.47.